The summed E-state index contributed by atoms with van der Waals surface area (Å²) in [7, 11) is 0. The standard InChI is InChI=1S/C15H30N2O2/c1-4-17(10-11-19-5-2)15(18)12-13(3)14-6-8-16-9-7-14/h13-14,16H,4-12H2,1-3H3. The van der Waals surface area contributed by atoms with E-state index in [1.165, 1.54) is 12.8 Å². The first-order valence-corrected chi connectivity index (χ1v) is 7.75. The first kappa shape index (κ1) is 16.4. The van der Waals surface area contributed by atoms with Gasteiger partial charge in [-0.25, -0.2) is 0 Å². The van der Waals surface area contributed by atoms with Crippen LogP contribution in [0.5, 0.6) is 0 Å². The zero-order valence-electron chi connectivity index (χ0n) is 12.8. The van der Waals surface area contributed by atoms with E-state index in [1.807, 2.05) is 18.7 Å². The normalized spacial score (nSPS) is 18.3. The minimum absolute atomic E-state index is 0.285. The summed E-state index contributed by atoms with van der Waals surface area (Å²) >= 11 is 0. The number of hydrogen-bond acceptors (Lipinski definition) is 3. The number of amides is 1. The second-order valence-electron chi connectivity index (χ2n) is 5.44. The fourth-order valence-corrected chi connectivity index (χ4v) is 2.76. The maximum absolute atomic E-state index is 12.3. The van der Waals surface area contributed by atoms with Crippen molar-refractivity contribution in [3.63, 3.8) is 0 Å². The van der Waals surface area contributed by atoms with Gasteiger partial charge in [-0.3, -0.25) is 4.79 Å². The molecule has 0 aromatic carbocycles. The van der Waals surface area contributed by atoms with E-state index >= 15 is 0 Å². The highest BCUT2D eigenvalue weighted by atomic mass is 16.5. The van der Waals surface area contributed by atoms with Gasteiger partial charge in [0.2, 0.25) is 5.91 Å². The molecule has 0 spiro atoms. The highest BCUT2D eigenvalue weighted by Gasteiger charge is 2.23. The van der Waals surface area contributed by atoms with Crippen LogP contribution in [0.4, 0.5) is 0 Å². The van der Waals surface area contributed by atoms with Crippen LogP contribution in [0.15, 0.2) is 0 Å². The van der Waals surface area contributed by atoms with E-state index in [4.69, 9.17) is 4.74 Å². The summed E-state index contributed by atoms with van der Waals surface area (Å²) in [5.41, 5.74) is 0. The first-order chi connectivity index (χ1) is 9.19. The van der Waals surface area contributed by atoms with E-state index in [0.29, 0.717) is 24.9 Å². The molecule has 1 saturated heterocycles. The van der Waals surface area contributed by atoms with Crippen LogP contribution >= 0.6 is 0 Å². The van der Waals surface area contributed by atoms with Gasteiger partial charge in [-0.2, -0.15) is 0 Å². The van der Waals surface area contributed by atoms with Crippen LogP contribution in [0.25, 0.3) is 0 Å². The number of piperidine rings is 1. The molecule has 0 aromatic heterocycles. The van der Waals surface area contributed by atoms with Gasteiger partial charge in [0.05, 0.1) is 6.61 Å². The van der Waals surface area contributed by atoms with Crippen molar-refractivity contribution in [2.45, 2.75) is 40.0 Å². The Hall–Kier alpha value is -0.610. The zero-order chi connectivity index (χ0) is 14.1. The van der Waals surface area contributed by atoms with Gasteiger partial charge in [-0.05, 0) is 51.6 Å². The topological polar surface area (TPSA) is 41.6 Å². The van der Waals surface area contributed by atoms with E-state index in [-0.39, 0.29) is 5.91 Å². The third kappa shape index (κ3) is 5.91. The molecule has 4 nitrogen and oxygen atoms in total. The Labute approximate surface area is 117 Å². The number of carbonyl (C=O) groups is 1. The summed E-state index contributed by atoms with van der Waals surface area (Å²) in [5, 5.41) is 3.38. The minimum Gasteiger partial charge on any atom is -0.380 e. The van der Waals surface area contributed by atoms with Crippen LogP contribution in [0.3, 0.4) is 0 Å². The Morgan fingerprint density at radius 3 is 2.63 bits per heavy atom. The van der Waals surface area contributed by atoms with Gasteiger partial charge in [0, 0.05) is 26.1 Å². The Kier molecular flexibility index (Phi) is 8.07. The molecule has 1 unspecified atom stereocenters. The monoisotopic (exact) mass is 270 g/mol. The second kappa shape index (κ2) is 9.32. The van der Waals surface area contributed by atoms with E-state index in [0.717, 1.165) is 32.8 Å². The lowest BCUT2D eigenvalue weighted by atomic mass is 9.84. The van der Waals surface area contributed by atoms with E-state index in [1.54, 1.807) is 0 Å². The second-order valence-corrected chi connectivity index (χ2v) is 5.44. The molecule has 1 rings (SSSR count). The van der Waals surface area contributed by atoms with Crippen LogP contribution in [0, 0.1) is 11.8 Å². The fraction of sp³-hybridized carbons (Fsp3) is 0.933. The Morgan fingerprint density at radius 2 is 2.05 bits per heavy atom. The average molecular weight is 270 g/mol. The third-order valence-corrected chi connectivity index (χ3v) is 4.13. The van der Waals surface area contributed by atoms with E-state index in [2.05, 4.69) is 12.2 Å². The van der Waals surface area contributed by atoms with Gasteiger partial charge in [0.1, 0.15) is 0 Å². The Bertz CT molecular complexity index is 253. The molecule has 1 amide bonds. The number of carbonyl (C=O) groups excluding carboxylic acids is 1. The van der Waals surface area contributed by atoms with Gasteiger partial charge in [0.15, 0.2) is 0 Å². The summed E-state index contributed by atoms with van der Waals surface area (Å²) in [6.07, 6.45) is 3.10. The number of likely N-dealkylation sites (N-methyl/N-ethyl adjacent to an activating group) is 1. The first-order valence-electron chi connectivity index (χ1n) is 7.75. The molecule has 0 radical (unpaired) electrons. The number of hydrogen-bond donors (Lipinski definition) is 1. The Morgan fingerprint density at radius 1 is 1.37 bits per heavy atom. The van der Waals surface area contributed by atoms with Gasteiger partial charge in [-0.15, -0.1) is 0 Å². The van der Waals surface area contributed by atoms with Crippen molar-refractivity contribution in [1.82, 2.24) is 10.2 Å². The Balaban J connectivity index is 2.33. The van der Waals surface area contributed by atoms with Crippen LogP contribution in [0.1, 0.15) is 40.0 Å². The molecule has 0 aliphatic carbocycles. The van der Waals surface area contributed by atoms with Crippen molar-refractivity contribution in [3.05, 3.63) is 0 Å². The number of ether oxygens (including phenoxy) is 1. The van der Waals surface area contributed by atoms with E-state index in [9.17, 15) is 4.79 Å². The molecule has 19 heavy (non-hydrogen) atoms. The maximum atomic E-state index is 12.3. The molecule has 112 valence electrons. The largest absolute Gasteiger partial charge is 0.380 e. The minimum atomic E-state index is 0.285. The van der Waals surface area contributed by atoms with Crippen molar-refractivity contribution < 1.29 is 9.53 Å². The lowest BCUT2D eigenvalue weighted by Gasteiger charge is -2.29. The molecule has 4 heteroatoms. The van der Waals surface area contributed by atoms with Crippen LogP contribution in [0.2, 0.25) is 0 Å². The summed E-state index contributed by atoms with van der Waals surface area (Å²) in [6, 6.07) is 0. The average Bonchev–Trinajstić information content (AvgIpc) is 2.44. The van der Waals surface area contributed by atoms with Gasteiger partial charge >= 0.3 is 0 Å². The maximum Gasteiger partial charge on any atom is 0.222 e. The number of rotatable bonds is 8. The van der Waals surface area contributed by atoms with Crippen molar-refractivity contribution in [2.24, 2.45) is 11.8 Å². The predicted octanol–water partition coefficient (Wildman–Crippen LogP) is 1.90. The molecule has 0 bridgehead atoms. The van der Waals surface area contributed by atoms with Gasteiger partial charge < -0.3 is 15.0 Å². The van der Waals surface area contributed by atoms with Crippen LogP contribution in [-0.2, 0) is 9.53 Å². The van der Waals surface area contributed by atoms with Crippen LogP contribution in [-0.4, -0.2) is 50.2 Å². The SMILES string of the molecule is CCOCCN(CC)C(=O)CC(C)C1CCNCC1. The highest BCUT2D eigenvalue weighted by molar-refractivity contribution is 5.76. The fourth-order valence-electron chi connectivity index (χ4n) is 2.76. The van der Waals surface area contributed by atoms with Crippen molar-refractivity contribution in [3.8, 4) is 0 Å². The molecule has 1 aliphatic heterocycles. The summed E-state index contributed by atoms with van der Waals surface area (Å²) in [4.78, 5) is 14.2. The zero-order valence-corrected chi connectivity index (χ0v) is 12.8. The lowest BCUT2D eigenvalue weighted by Crippen LogP contribution is -2.37. The molecule has 1 N–H and O–H groups in total. The van der Waals surface area contributed by atoms with Crippen molar-refractivity contribution in [2.75, 3.05) is 39.4 Å². The summed E-state index contributed by atoms with van der Waals surface area (Å²) in [5.74, 6) is 1.49. The predicted molar refractivity (Wildman–Crippen MR) is 78.1 cm³/mol. The summed E-state index contributed by atoms with van der Waals surface area (Å²) < 4.78 is 5.34. The van der Waals surface area contributed by atoms with Gasteiger partial charge in [0.25, 0.3) is 0 Å². The molecule has 1 fully saturated rings. The van der Waals surface area contributed by atoms with Gasteiger partial charge in [-0.1, -0.05) is 6.92 Å². The lowest BCUT2D eigenvalue weighted by molar-refractivity contribution is -0.133. The van der Waals surface area contributed by atoms with Crippen LogP contribution < -0.4 is 5.32 Å². The molecular weight excluding hydrogens is 240 g/mol. The van der Waals surface area contributed by atoms with Crippen molar-refractivity contribution >= 4 is 5.91 Å². The molecular formula is C15H30N2O2. The van der Waals surface area contributed by atoms with Crippen molar-refractivity contribution in [1.29, 1.82) is 0 Å². The molecule has 0 aromatic rings. The number of nitrogens with one attached hydrogen (secondary N) is 1. The van der Waals surface area contributed by atoms with E-state index < -0.39 is 0 Å². The molecule has 1 heterocycles. The quantitative estimate of drug-likeness (QED) is 0.685. The highest BCUT2D eigenvalue weighted by Crippen LogP contribution is 2.24. The number of nitrogens with zero attached hydrogens (tertiary/aromatic N) is 1. The smallest absolute Gasteiger partial charge is 0.222 e. The molecule has 1 atom stereocenters. The molecule has 1 aliphatic rings. The summed E-state index contributed by atoms with van der Waals surface area (Å²) in [6.45, 7) is 11.3. The molecule has 0 saturated carbocycles. The third-order valence-electron chi connectivity index (χ3n) is 4.13.